The second-order valence-electron chi connectivity index (χ2n) is 16.9. The molecule has 0 amide bonds. The number of aromatic nitrogens is 1. The Hall–Kier alpha value is -8.66. The maximum absolute atomic E-state index is 6.37. The van der Waals surface area contributed by atoms with Gasteiger partial charge in [-0.2, -0.15) is 0 Å². The number of rotatable bonds is 7. The van der Waals surface area contributed by atoms with Gasteiger partial charge in [0.1, 0.15) is 11.2 Å². The van der Waals surface area contributed by atoms with Crippen molar-refractivity contribution in [1.29, 1.82) is 0 Å². The SMILES string of the molecule is c1ccc(-n2c3ccccc3c3cc(-c4ccc5oc6ccccc6c5c4)c(N(c4ccc(-c5cccc6ccccc56)cc4)c4ccc(-c5cccc6ccccc56)cc4)cc32)cc1. The first-order valence-corrected chi connectivity index (χ1v) is 22.2. The van der Waals surface area contributed by atoms with E-state index in [0.29, 0.717) is 0 Å². The lowest BCUT2D eigenvalue weighted by molar-refractivity contribution is 0.669. The molecule has 304 valence electrons. The van der Waals surface area contributed by atoms with Crippen molar-refractivity contribution in [3.05, 3.63) is 243 Å². The quantitative estimate of drug-likeness (QED) is 0.160. The van der Waals surface area contributed by atoms with Gasteiger partial charge in [0, 0.05) is 44.2 Å². The molecule has 11 aromatic carbocycles. The van der Waals surface area contributed by atoms with Gasteiger partial charge in [0.15, 0.2) is 0 Å². The summed E-state index contributed by atoms with van der Waals surface area (Å²) in [5.74, 6) is 0. The molecule has 0 saturated heterocycles. The third-order valence-electron chi connectivity index (χ3n) is 13.2. The van der Waals surface area contributed by atoms with Crippen LogP contribution in [0.15, 0.2) is 247 Å². The molecule has 3 heteroatoms. The molecule has 3 nitrogen and oxygen atoms in total. The molecule has 0 N–H and O–H groups in total. The average Bonchev–Trinajstić information content (AvgIpc) is 3.91. The summed E-state index contributed by atoms with van der Waals surface area (Å²) in [4.78, 5) is 2.44. The van der Waals surface area contributed by atoms with E-state index in [1.165, 1.54) is 60.1 Å². The van der Waals surface area contributed by atoms with Gasteiger partial charge in [0.2, 0.25) is 0 Å². The number of furan rings is 1. The van der Waals surface area contributed by atoms with E-state index in [1.807, 2.05) is 6.07 Å². The fourth-order valence-electron chi connectivity index (χ4n) is 10.1. The zero-order valence-corrected chi connectivity index (χ0v) is 35.4. The zero-order chi connectivity index (χ0) is 42.8. The number of para-hydroxylation sites is 3. The Kier molecular flexibility index (Phi) is 8.53. The molecular formula is C62H40N2O. The van der Waals surface area contributed by atoms with Gasteiger partial charge in [-0.15, -0.1) is 0 Å². The summed E-state index contributed by atoms with van der Waals surface area (Å²) in [6.07, 6.45) is 0. The highest BCUT2D eigenvalue weighted by Crippen LogP contribution is 2.47. The highest BCUT2D eigenvalue weighted by atomic mass is 16.3. The molecule has 0 atom stereocenters. The van der Waals surface area contributed by atoms with Crippen LogP contribution in [0.5, 0.6) is 0 Å². The van der Waals surface area contributed by atoms with Gasteiger partial charge in [-0.05, 0) is 122 Å². The van der Waals surface area contributed by atoms with Gasteiger partial charge >= 0.3 is 0 Å². The van der Waals surface area contributed by atoms with Crippen LogP contribution in [0.1, 0.15) is 0 Å². The number of nitrogens with zero attached hydrogens (tertiary/aromatic N) is 2. The molecule has 13 rings (SSSR count). The van der Waals surface area contributed by atoms with Crippen LogP contribution in [0.2, 0.25) is 0 Å². The molecular weight excluding hydrogens is 789 g/mol. The first-order valence-electron chi connectivity index (χ1n) is 22.2. The van der Waals surface area contributed by atoms with Crippen LogP contribution >= 0.6 is 0 Å². The molecule has 0 fully saturated rings. The van der Waals surface area contributed by atoms with Crippen molar-refractivity contribution in [3.63, 3.8) is 0 Å². The monoisotopic (exact) mass is 828 g/mol. The minimum absolute atomic E-state index is 0.878. The summed E-state index contributed by atoms with van der Waals surface area (Å²) in [5.41, 5.74) is 15.4. The Morgan fingerprint density at radius 3 is 1.49 bits per heavy atom. The molecule has 0 aliphatic rings. The van der Waals surface area contributed by atoms with Crippen LogP contribution in [-0.4, -0.2) is 4.57 Å². The van der Waals surface area contributed by atoms with Crippen LogP contribution in [0.4, 0.5) is 17.1 Å². The summed E-state index contributed by atoms with van der Waals surface area (Å²) in [5, 5.41) is 9.56. The summed E-state index contributed by atoms with van der Waals surface area (Å²) in [6.45, 7) is 0. The van der Waals surface area contributed by atoms with Gasteiger partial charge in [-0.3, -0.25) is 0 Å². The average molecular weight is 829 g/mol. The Morgan fingerprint density at radius 2 is 0.831 bits per heavy atom. The highest BCUT2D eigenvalue weighted by Gasteiger charge is 2.23. The zero-order valence-electron chi connectivity index (χ0n) is 35.4. The Balaban J connectivity index is 1.08. The van der Waals surface area contributed by atoms with Crippen molar-refractivity contribution in [2.45, 2.75) is 0 Å². The van der Waals surface area contributed by atoms with E-state index in [0.717, 1.165) is 61.3 Å². The second-order valence-corrected chi connectivity index (χ2v) is 16.9. The fraction of sp³-hybridized carbons (Fsp3) is 0. The molecule has 2 aromatic heterocycles. The third kappa shape index (κ3) is 6.12. The van der Waals surface area contributed by atoms with Crippen molar-refractivity contribution >= 4 is 82.4 Å². The Bertz CT molecular complexity index is 3800. The van der Waals surface area contributed by atoms with E-state index in [1.54, 1.807) is 0 Å². The second kappa shape index (κ2) is 15.0. The van der Waals surface area contributed by atoms with Crippen molar-refractivity contribution in [3.8, 4) is 39.1 Å². The van der Waals surface area contributed by atoms with Gasteiger partial charge in [-0.25, -0.2) is 0 Å². The first-order chi connectivity index (χ1) is 32.2. The normalized spacial score (nSPS) is 11.7. The van der Waals surface area contributed by atoms with Crippen LogP contribution in [0, 0.1) is 0 Å². The standard InChI is InChI=1S/C62H40N2O/c1-2-18-46(19-3-1)64-58-26-10-8-22-53(58)56-39-55(45-32-37-62-57(38-45)54-23-9-11-27-61(54)65-62)59(40-60(56)64)63(47-33-28-43(29-34-47)51-24-12-16-41-14-4-6-20-49(41)51)48-35-30-44(31-36-48)52-25-13-17-42-15-5-7-21-50(42)52/h1-40H. The minimum atomic E-state index is 0.878. The topological polar surface area (TPSA) is 21.3 Å². The summed E-state index contributed by atoms with van der Waals surface area (Å²) in [7, 11) is 0. The van der Waals surface area contributed by atoms with E-state index in [4.69, 9.17) is 4.42 Å². The summed E-state index contributed by atoms with van der Waals surface area (Å²) < 4.78 is 8.79. The molecule has 0 saturated carbocycles. The Morgan fingerprint density at radius 1 is 0.308 bits per heavy atom. The van der Waals surface area contributed by atoms with Crippen molar-refractivity contribution in [2.24, 2.45) is 0 Å². The van der Waals surface area contributed by atoms with Crippen LogP contribution in [0.3, 0.4) is 0 Å². The van der Waals surface area contributed by atoms with Crippen LogP contribution < -0.4 is 4.90 Å². The Labute approximate surface area is 376 Å². The lowest BCUT2D eigenvalue weighted by atomic mass is 9.96. The predicted octanol–water partition coefficient (Wildman–Crippen LogP) is 17.5. The van der Waals surface area contributed by atoms with Gasteiger partial charge in [-0.1, -0.05) is 170 Å². The number of anilines is 3. The van der Waals surface area contributed by atoms with Crippen molar-refractivity contribution < 1.29 is 4.42 Å². The molecule has 65 heavy (non-hydrogen) atoms. The highest BCUT2D eigenvalue weighted by molar-refractivity contribution is 6.14. The maximum Gasteiger partial charge on any atom is 0.135 e. The smallest absolute Gasteiger partial charge is 0.135 e. The van der Waals surface area contributed by atoms with Crippen molar-refractivity contribution in [1.82, 2.24) is 4.57 Å². The molecule has 0 aliphatic carbocycles. The molecule has 13 aromatic rings. The van der Waals surface area contributed by atoms with Gasteiger partial charge in [0.05, 0.1) is 16.7 Å². The number of hydrogen-bond donors (Lipinski definition) is 0. The first kappa shape index (κ1) is 36.9. The largest absolute Gasteiger partial charge is 0.456 e. The van der Waals surface area contributed by atoms with Crippen LogP contribution in [-0.2, 0) is 0 Å². The molecule has 0 aliphatic heterocycles. The van der Waals surface area contributed by atoms with Gasteiger partial charge in [0.25, 0.3) is 0 Å². The lowest BCUT2D eigenvalue weighted by Crippen LogP contribution is -2.11. The van der Waals surface area contributed by atoms with E-state index in [9.17, 15) is 0 Å². The number of hydrogen-bond acceptors (Lipinski definition) is 2. The van der Waals surface area contributed by atoms with E-state index in [2.05, 4.69) is 246 Å². The van der Waals surface area contributed by atoms with E-state index in [-0.39, 0.29) is 0 Å². The van der Waals surface area contributed by atoms with Gasteiger partial charge < -0.3 is 13.9 Å². The van der Waals surface area contributed by atoms with E-state index >= 15 is 0 Å². The van der Waals surface area contributed by atoms with E-state index < -0.39 is 0 Å². The minimum Gasteiger partial charge on any atom is -0.456 e. The molecule has 0 unspecified atom stereocenters. The van der Waals surface area contributed by atoms with Crippen molar-refractivity contribution in [2.75, 3.05) is 4.90 Å². The maximum atomic E-state index is 6.37. The lowest BCUT2D eigenvalue weighted by Gasteiger charge is -2.29. The summed E-state index contributed by atoms with van der Waals surface area (Å²) >= 11 is 0. The number of fused-ring (bicyclic) bond motifs is 8. The predicted molar refractivity (Wildman–Crippen MR) is 274 cm³/mol. The molecule has 0 radical (unpaired) electrons. The molecule has 0 spiro atoms. The number of benzene rings is 11. The fourth-order valence-corrected chi connectivity index (χ4v) is 10.1. The molecule has 2 heterocycles. The third-order valence-corrected chi connectivity index (χ3v) is 13.2. The molecule has 0 bridgehead atoms. The summed E-state index contributed by atoms with van der Waals surface area (Å²) in [6, 6.07) is 88.0. The van der Waals surface area contributed by atoms with Crippen LogP contribution in [0.25, 0.3) is 104 Å².